The summed E-state index contributed by atoms with van der Waals surface area (Å²) in [6.45, 7) is 9.52. The lowest BCUT2D eigenvalue weighted by molar-refractivity contribution is 0.0504. The van der Waals surface area contributed by atoms with E-state index in [0.29, 0.717) is 34.4 Å². The molecule has 0 spiro atoms. The highest BCUT2D eigenvalue weighted by Crippen LogP contribution is 2.59. The summed E-state index contributed by atoms with van der Waals surface area (Å²) < 4.78 is 17.6. The van der Waals surface area contributed by atoms with Gasteiger partial charge in [0, 0.05) is 16.9 Å². The number of fused-ring (bicyclic) bond motifs is 6. The molecule has 0 bridgehead atoms. The summed E-state index contributed by atoms with van der Waals surface area (Å²) in [4.78, 5) is 0. The third-order valence-electron chi connectivity index (χ3n) is 7.77. The molecule has 0 amide bonds. The lowest BCUT2D eigenvalue weighted by Gasteiger charge is -2.50. The van der Waals surface area contributed by atoms with Gasteiger partial charge in [0.1, 0.15) is 11.3 Å². The van der Waals surface area contributed by atoms with Crippen molar-refractivity contribution in [2.75, 3.05) is 6.79 Å². The van der Waals surface area contributed by atoms with Crippen LogP contribution in [0.25, 0.3) is 11.0 Å². The van der Waals surface area contributed by atoms with Crippen molar-refractivity contribution < 1.29 is 23.9 Å². The van der Waals surface area contributed by atoms with Crippen molar-refractivity contribution in [2.45, 2.75) is 71.1 Å². The fourth-order valence-electron chi connectivity index (χ4n) is 6.49. The molecule has 0 radical (unpaired) electrons. The van der Waals surface area contributed by atoms with Crippen LogP contribution >= 0.6 is 0 Å². The van der Waals surface area contributed by atoms with Crippen molar-refractivity contribution in [3.63, 3.8) is 0 Å². The molecule has 2 heterocycles. The highest BCUT2D eigenvalue weighted by atomic mass is 16.7. The molecular formula is C22H29BO5. The number of hydrogen-bond donors (Lipinski definition) is 2. The molecule has 1 saturated carbocycles. The molecule has 1 aliphatic heterocycles. The van der Waals surface area contributed by atoms with Gasteiger partial charge in [0.15, 0.2) is 11.5 Å². The second kappa shape index (κ2) is 5.93. The van der Waals surface area contributed by atoms with E-state index in [0.717, 1.165) is 24.0 Å². The molecule has 5 rings (SSSR count). The van der Waals surface area contributed by atoms with Crippen LogP contribution < -0.4 is 14.9 Å². The average molecular weight is 384 g/mol. The molecule has 3 atom stereocenters. The van der Waals surface area contributed by atoms with Crippen molar-refractivity contribution in [3.05, 3.63) is 17.4 Å². The lowest BCUT2D eigenvalue weighted by Crippen LogP contribution is -2.44. The van der Waals surface area contributed by atoms with Gasteiger partial charge in [-0.3, -0.25) is 0 Å². The van der Waals surface area contributed by atoms with E-state index in [1.54, 1.807) is 0 Å². The molecule has 5 nitrogen and oxygen atoms in total. The second-order valence-corrected chi connectivity index (χ2v) is 9.91. The first-order valence-electron chi connectivity index (χ1n) is 10.5. The van der Waals surface area contributed by atoms with Gasteiger partial charge in [-0.1, -0.05) is 34.1 Å². The Morgan fingerprint density at radius 1 is 1.11 bits per heavy atom. The average Bonchev–Trinajstić information content (AvgIpc) is 3.19. The summed E-state index contributed by atoms with van der Waals surface area (Å²) in [6, 6.07) is 1.99. The molecule has 6 heteroatoms. The second-order valence-electron chi connectivity index (χ2n) is 9.91. The van der Waals surface area contributed by atoms with Crippen LogP contribution in [0.5, 0.6) is 11.5 Å². The number of furan rings is 1. The van der Waals surface area contributed by atoms with E-state index < -0.39 is 7.12 Å². The highest BCUT2D eigenvalue weighted by molar-refractivity contribution is 6.63. The van der Waals surface area contributed by atoms with Gasteiger partial charge >= 0.3 is 7.12 Å². The highest BCUT2D eigenvalue weighted by Gasteiger charge is 2.52. The Hall–Kier alpha value is -1.66. The van der Waals surface area contributed by atoms with Crippen LogP contribution in [-0.4, -0.2) is 24.0 Å². The van der Waals surface area contributed by atoms with E-state index in [-0.39, 0.29) is 17.6 Å². The Morgan fingerprint density at radius 2 is 1.89 bits per heavy atom. The fourth-order valence-corrected chi connectivity index (χ4v) is 6.49. The lowest BCUT2D eigenvalue weighted by atomic mass is 9.53. The maximum Gasteiger partial charge on any atom is 0.496 e. The summed E-state index contributed by atoms with van der Waals surface area (Å²) >= 11 is 0. The molecule has 1 aromatic carbocycles. The normalized spacial score (nSPS) is 30.6. The Bertz CT molecular complexity index is 946. The molecule has 28 heavy (non-hydrogen) atoms. The van der Waals surface area contributed by atoms with E-state index >= 15 is 0 Å². The summed E-state index contributed by atoms with van der Waals surface area (Å²) in [5.41, 5.74) is 2.36. The quantitative estimate of drug-likeness (QED) is 0.732. The maximum atomic E-state index is 10.1. The van der Waals surface area contributed by atoms with E-state index in [1.807, 2.05) is 6.07 Å². The van der Waals surface area contributed by atoms with Gasteiger partial charge in [-0.2, -0.15) is 0 Å². The molecule has 2 N–H and O–H groups in total. The largest absolute Gasteiger partial charge is 0.496 e. The smallest absolute Gasteiger partial charge is 0.461 e. The molecule has 0 saturated heterocycles. The molecule has 1 unspecified atom stereocenters. The third-order valence-corrected chi connectivity index (χ3v) is 7.77. The van der Waals surface area contributed by atoms with Crippen molar-refractivity contribution in [1.29, 1.82) is 0 Å². The van der Waals surface area contributed by atoms with Gasteiger partial charge < -0.3 is 23.9 Å². The van der Waals surface area contributed by atoms with E-state index in [9.17, 15) is 10.0 Å². The Kier molecular flexibility index (Phi) is 3.89. The maximum absolute atomic E-state index is 10.1. The van der Waals surface area contributed by atoms with Gasteiger partial charge in [-0.25, -0.2) is 0 Å². The topological polar surface area (TPSA) is 72.1 Å². The zero-order valence-electron chi connectivity index (χ0n) is 17.2. The summed E-state index contributed by atoms with van der Waals surface area (Å²) in [5.74, 6) is 2.83. The van der Waals surface area contributed by atoms with Gasteiger partial charge in [0.2, 0.25) is 6.79 Å². The van der Waals surface area contributed by atoms with Crippen molar-refractivity contribution in [1.82, 2.24) is 0 Å². The number of benzene rings is 1. The van der Waals surface area contributed by atoms with E-state index in [2.05, 4.69) is 27.7 Å². The van der Waals surface area contributed by atoms with Gasteiger partial charge in [0.05, 0.1) is 5.46 Å². The first-order valence-corrected chi connectivity index (χ1v) is 10.5. The summed E-state index contributed by atoms with van der Waals surface area (Å²) in [7, 11) is -1.67. The van der Waals surface area contributed by atoms with Crippen molar-refractivity contribution in [2.24, 2.45) is 11.3 Å². The van der Waals surface area contributed by atoms with Crippen LogP contribution in [0.3, 0.4) is 0 Å². The number of ether oxygens (including phenoxy) is 2. The fraction of sp³-hybridized carbons (Fsp3) is 0.636. The molecule has 3 aliphatic rings. The van der Waals surface area contributed by atoms with Gasteiger partial charge in [-0.05, 0) is 48.5 Å². The molecule has 2 aliphatic carbocycles. The van der Waals surface area contributed by atoms with Crippen LogP contribution in [0.1, 0.15) is 77.0 Å². The van der Waals surface area contributed by atoms with Crippen molar-refractivity contribution >= 4 is 23.6 Å². The zero-order valence-corrected chi connectivity index (χ0v) is 17.2. The Balaban J connectivity index is 1.85. The van der Waals surface area contributed by atoms with Crippen LogP contribution in [0.15, 0.2) is 10.5 Å². The Morgan fingerprint density at radius 3 is 2.64 bits per heavy atom. The van der Waals surface area contributed by atoms with Crippen LogP contribution in [0.2, 0.25) is 0 Å². The van der Waals surface area contributed by atoms with Gasteiger partial charge in [-0.15, -0.1) is 0 Å². The molecule has 150 valence electrons. The summed E-state index contributed by atoms with van der Waals surface area (Å²) in [5, 5.41) is 21.2. The first-order chi connectivity index (χ1) is 13.2. The minimum Gasteiger partial charge on any atom is -0.461 e. The van der Waals surface area contributed by atoms with Crippen molar-refractivity contribution in [3.8, 4) is 11.5 Å². The van der Waals surface area contributed by atoms with Crippen LogP contribution in [-0.2, 0) is 5.41 Å². The summed E-state index contributed by atoms with van der Waals surface area (Å²) in [6.07, 6.45) is 5.85. The predicted molar refractivity (Wildman–Crippen MR) is 108 cm³/mol. The molecule has 1 aromatic heterocycles. The monoisotopic (exact) mass is 384 g/mol. The molecular weight excluding hydrogens is 355 g/mol. The zero-order chi connectivity index (χ0) is 19.8. The van der Waals surface area contributed by atoms with E-state index in [1.165, 1.54) is 24.8 Å². The first kappa shape index (κ1) is 18.4. The third kappa shape index (κ3) is 2.34. The molecule has 1 fully saturated rings. The SMILES string of the molecule is CC1CC[C@@H]2C(C)(C)CCC[C@@]2(C)c2c1oc1c(B(O)O)c3c(cc21)OCO3. The molecule has 2 aromatic rings. The minimum atomic E-state index is -1.67. The predicted octanol–water partition coefficient (Wildman–Crippen LogP) is 3.82. The van der Waals surface area contributed by atoms with Crippen LogP contribution in [0.4, 0.5) is 0 Å². The number of hydrogen-bond acceptors (Lipinski definition) is 5. The van der Waals surface area contributed by atoms with E-state index in [4.69, 9.17) is 13.9 Å². The van der Waals surface area contributed by atoms with Crippen LogP contribution in [0, 0.1) is 11.3 Å². The standard InChI is InChI=1S/C22H29BO5/c1-12-6-7-15-21(2,3)8-5-9-22(15,4)16-13-10-14-20(27-11-26-14)17(23(24)25)19(13)28-18(12)16/h10,12,15,24-25H,5-9,11H2,1-4H3/t12?,15-,22-/m1/s1. The Labute approximate surface area is 166 Å². The number of rotatable bonds is 1. The minimum absolute atomic E-state index is 0.00152. The van der Waals surface area contributed by atoms with Gasteiger partial charge in [0.25, 0.3) is 0 Å².